The quantitative estimate of drug-likeness (QED) is 0.812. The van der Waals surface area contributed by atoms with Crippen molar-refractivity contribution in [2.45, 2.75) is 19.8 Å². The molecule has 3 heterocycles. The minimum atomic E-state index is 0.311. The van der Waals surface area contributed by atoms with Gasteiger partial charge in [-0.05, 0) is 5.92 Å². The van der Waals surface area contributed by atoms with E-state index in [1.54, 1.807) is 17.7 Å². The second kappa shape index (κ2) is 6.15. The third-order valence-corrected chi connectivity index (χ3v) is 4.79. The average molecular weight is 324 g/mol. The maximum atomic E-state index is 6.26. The minimum Gasteiger partial charge on any atom is -0.353 e. The molecule has 5 nitrogen and oxygen atoms in total. The third-order valence-electron chi connectivity index (χ3n) is 3.66. The monoisotopic (exact) mass is 323 g/mol. The van der Waals surface area contributed by atoms with Crippen LogP contribution in [0.15, 0.2) is 17.9 Å². The molecule has 0 unspecified atom stereocenters. The van der Waals surface area contributed by atoms with Gasteiger partial charge in [-0.3, -0.25) is 0 Å². The standard InChI is InChI=1S/C14H18ClN5S/c1-10(2)11-12(15)17-9-18-13(11)19-4-6-20(7-5-19)14-16-3-8-21-14/h3,8-10H,4-7H2,1-2H3. The Labute approximate surface area is 133 Å². The zero-order valence-electron chi connectivity index (χ0n) is 12.2. The summed E-state index contributed by atoms with van der Waals surface area (Å²) in [6.07, 6.45) is 3.41. The number of halogens is 1. The number of rotatable bonds is 3. The Bertz CT molecular complexity index is 593. The molecule has 1 aliphatic heterocycles. The Balaban J connectivity index is 1.77. The smallest absolute Gasteiger partial charge is 0.185 e. The lowest BCUT2D eigenvalue weighted by atomic mass is 10.1. The summed E-state index contributed by atoms with van der Waals surface area (Å²) in [5.74, 6) is 1.29. The van der Waals surface area contributed by atoms with E-state index >= 15 is 0 Å². The van der Waals surface area contributed by atoms with Crippen molar-refractivity contribution in [1.82, 2.24) is 15.0 Å². The molecular formula is C14H18ClN5S. The fraction of sp³-hybridized carbons (Fsp3) is 0.500. The second-order valence-electron chi connectivity index (χ2n) is 5.35. The third kappa shape index (κ3) is 2.96. The lowest BCUT2D eigenvalue weighted by Crippen LogP contribution is -2.47. The lowest BCUT2D eigenvalue weighted by Gasteiger charge is -2.36. The van der Waals surface area contributed by atoms with Crippen LogP contribution < -0.4 is 9.80 Å². The van der Waals surface area contributed by atoms with Crippen LogP contribution in [0.5, 0.6) is 0 Å². The van der Waals surface area contributed by atoms with Gasteiger partial charge >= 0.3 is 0 Å². The first-order chi connectivity index (χ1) is 10.2. The molecule has 0 aliphatic carbocycles. The summed E-state index contributed by atoms with van der Waals surface area (Å²) in [4.78, 5) is 17.6. The lowest BCUT2D eigenvalue weighted by molar-refractivity contribution is 0.639. The van der Waals surface area contributed by atoms with Crippen molar-refractivity contribution in [3.05, 3.63) is 28.6 Å². The summed E-state index contributed by atoms with van der Waals surface area (Å²) in [6, 6.07) is 0. The van der Waals surface area contributed by atoms with Crippen molar-refractivity contribution in [2.24, 2.45) is 0 Å². The molecule has 0 N–H and O–H groups in total. The van der Waals surface area contributed by atoms with E-state index in [4.69, 9.17) is 11.6 Å². The maximum Gasteiger partial charge on any atom is 0.185 e. The SMILES string of the molecule is CC(C)c1c(Cl)ncnc1N1CCN(c2nccs2)CC1. The molecule has 3 rings (SSSR count). The molecule has 2 aromatic heterocycles. The van der Waals surface area contributed by atoms with E-state index in [1.165, 1.54) is 0 Å². The van der Waals surface area contributed by atoms with E-state index in [0.29, 0.717) is 11.1 Å². The van der Waals surface area contributed by atoms with Gasteiger partial charge in [-0.25, -0.2) is 15.0 Å². The summed E-state index contributed by atoms with van der Waals surface area (Å²) in [5.41, 5.74) is 1.04. The average Bonchev–Trinajstić information content (AvgIpc) is 3.01. The molecule has 0 amide bonds. The molecule has 112 valence electrons. The van der Waals surface area contributed by atoms with Crippen LogP contribution in [0.1, 0.15) is 25.3 Å². The number of hydrogen-bond acceptors (Lipinski definition) is 6. The molecule has 0 aromatic carbocycles. The zero-order chi connectivity index (χ0) is 14.8. The molecule has 0 spiro atoms. The summed E-state index contributed by atoms with van der Waals surface area (Å²) in [5, 5.41) is 3.68. The number of hydrogen-bond donors (Lipinski definition) is 0. The maximum absolute atomic E-state index is 6.26. The van der Waals surface area contributed by atoms with E-state index in [2.05, 4.69) is 38.6 Å². The molecule has 2 aromatic rings. The van der Waals surface area contributed by atoms with Gasteiger partial charge < -0.3 is 9.80 Å². The van der Waals surface area contributed by atoms with Gasteiger partial charge in [0, 0.05) is 43.3 Å². The molecule has 0 saturated carbocycles. The predicted molar refractivity (Wildman–Crippen MR) is 87.7 cm³/mol. The van der Waals surface area contributed by atoms with Crippen LogP contribution >= 0.6 is 22.9 Å². The van der Waals surface area contributed by atoms with Crippen LogP contribution in [0.3, 0.4) is 0 Å². The van der Waals surface area contributed by atoms with Gasteiger partial charge in [0.05, 0.1) is 0 Å². The summed E-state index contributed by atoms with van der Waals surface area (Å²) < 4.78 is 0. The molecule has 1 aliphatic rings. The van der Waals surface area contributed by atoms with E-state index in [1.807, 2.05) is 11.6 Å². The van der Waals surface area contributed by atoms with E-state index in [0.717, 1.165) is 42.7 Å². The molecule has 1 saturated heterocycles. The van der Waals surface area contributed by atoms with E-state index in [9.17, 15) is 0 Å². The van der Waals surface area contributed by atoms with Crippen LogP contribution in [0.4, 0.5) is 10.9 Å². The van der Waals surface area contributed by atoms with Crippen LogP contribution in [0.2, 0.25) is 5.15 Å². The van der Waals surface area contributed by atoms with E-state index in [-0.39, 0.29) is 0 Å². The number of nitrogens with zero attached hydrogens (tertiary/aromatic N) is 5. The molecule has 0 atom stereocenters. The van der Waals surface area contributed by atoms with Gasteiger partial charge in [0.25, 0.3) is 0 Å². The summed E-state index contributed by atoms with van der Waals surface area (Å²) in [7, 11) is 0. The van der Waals surface area contributed by atoms with Gasteiger partial charge in [0.1, 0.15) is 17.3 Å². The number of piperazine rings is 1. The van der Waals surface area contributed by atoms with Gasteiger partial charge in [-0.1, -0.05) is 25.4 Å². The minimum absolute atomic E-state index is 0.311. The number of thiazole rings is 1. The molecule has 1 fully saturated rings. The summed E-state index contributed by atoms with van der Waals surface area (Å²) in [6.45, 7) is 8.00. The Morgan fingerprint density at radius 1 is 1.10 bits per heavy atom. The number of anilines is 2. The fourth-order valence-corrected chi connectivity index (χ4v) is 3.64. The van der Waals surface area contributed by atoms with E-state index < -0.39 is 0 Å². The molecule has 7 heteroatoms. The Morgan fingerprint density at radius 2 is 1.81 bits per heavy atom. The van der Waals surface area contributed by atoms with Crippen LogP contribution in [0.25, 0.3) is 0 Å². The Hall–Kier alpha value is -1.40. The fourth-order valence-electron chi connectivity index (χ4n) is 2.60. The Morgan fingerprint density at radius 3 is 2.43 bits per heavy atom. The van der Waals surface area contributed by atoms with Crippen molar-refractivity contribution >= 4 is 33.9 Å². The van der Waals surface area contributed by atoms with Crippen LogP contribution in [-0.4, -0.2) is 41.1 Å². The Kier molecular flexibility index (Phi) is 4.26. The predicted octanol–water partition coefficient (Wildman–Crippen LogP) is 3.04. The van der Waals surface area contributed by atoms with Crippen molar-refractivity contribution in [3.63, 3.8) is 0 Å². The highest BCUT2D eigenvalue weighted by atomic mass is 35.5. The highest BCUT2D eigenvalue weighted by Gasteiger charge is 2.24. The second-order valence-corrected chi connectivity index (χ2v) is 6.58. The van der Waals surface area contributed by atoms with Crippen molar-refractivity contribution in [1.29, 1.82) is 0 Å². The normalized spacial score (nSPS) is 15.8. The van der Waals surface area contributed by atoms with Gasteiger partial charge in [0.15, 0.2) is 5.13 Å². The first-order valence-corrected chi connectivity index (χ1v) is 8.32. The van der Waals surface area contributed by atoms with Gasteiger partial charge in [-0.15, -0.1) is 11.3 Å². The van der Waals surface area contributed by atoms with Crippen LogP contribution in [0, 0.1) is 0 Å². The molecule has 0 radical (unpaired) electrons. The highest BCUT2D eigenvalue weighted by Crippen LogP contribution is 2.31. The summed E-state index contributed by atoms with van der Waals surface area (Å²) >= 11 is 7.94. The van der Waals surface area contributed by atoms with Crippen molar-refractivity contribution in [2.75, 3.05) is 36.0 Å². The first-order valence-electron chi connectivity index (χ1n) is 7.06. The van der Waals surface area contributed by atoms with Gasteiger partial charge in [-0.2, -0.15) is 0 Å². The molecule has 0 bridgehead atoms. The number of aromatic nitrogens is 3. The highest BCUT2D eigenvalue weighted by molar-refractivity contribution is 7.13. The first kappa shape index (κ1) is 14.5. The topological polar surface area (TPSA) is 45.2 Å². The van der Waals surface area contributed by atoms with Crippen LogP contribution in [-0.2, 0) is 0 Å². The largest absolute Gasteiger partial charge is 0.353 e. The zero-order valence-corrected chi connectivity index (χ0v) is 13.7. The molecule has 21 heavy (non-hydrogen) atoms. The molecular weight excluding hydrogens is 306 g/mol. The van der Waals surface area contributed by atoms with Crippen molar-refractivity contribution in [3.8, 4) is 0 Å². The van der Waals surface area contributed by atoms with Gasteiger partial charge in [0.2, 0.25) is 0 Å². The van der Waals surface area contributed by atoms with Crippen molar-refractivity contribution < 1.29 is 0 Å².